The van der Waals surface area contributed by atoms with E-state index >= 15 is 0 Å². The molecule has 4 saturated carbocycles. The van der Waals surface area contributed by atoms with E-state index < -0.39 is 5.60 Å². The van der Waals surface area contributed by atoms with E-state index in [1.165, 1.54) is 54.6 Å². The average molecular weight is 452 g/mol. The fourth-order valence-electron chi connectivity index (χ4n) is 8.54. The minimum atomic E-state index is -0.550. The molecular weight excluding hydrogens is 422 g/mol. The first-order valence-electron chi connectivity index (χ1n) is 12.7. The van der Waals surface area contributed by atoms with Crippen molar-refractivity contribution in [2.75, 3.05) is 12.0 Å². The van der Waals surface area contributed by atoms with Crippen molar-refractivity contribution in [3.63, 3.8) is 0 Å². The zero-order chi connectivity index (χ0) is 22.5. The highest BCUT2D eigenvalue weighted by atomic mass is 17.3. The summed E-state index contributed by atoms with van der Waals surface area (Å²) in [7, 11) is 1.71. The molecule has 5 fully saturated rings. The van der Waals surface area contributed by atoms with E-state index in [0.717, 1.165) is 23.3 Å². The maximum absolute atomic E-state index is 6.47. The van der Waals surface area contributed by atoms with Crippen molar-refractivity contribution in [2.45, 2.75) is 43.3 Å². The molecule has 6 aliphatic rings. The SMILES string of the molecule is COc1ccc(N2c3ccccc3C3(OOC34C3CC5CC(C3)CC4C5)c3ccccc32)cc1. The van der Waals surface area contributed by atoms with Gasteiger partial charge >= 0.3 is 0 Å². The van der Waals surface area contributed by atoms with E-state index in [-0.39, 0.29) is 5.60 Å². The summed E-state index contributed by atoms with van der Waals surface area (Å²) >= 11 is 0. The zero-order valence-electron chi connectivity index (χ0n) is 19.4. The maximum atomic E-state index is 6.47. The Morgan fingerprint density at radius 1 is 0.706 bits per heavy atom. The lowest BCUT2D eigenvalue weighted by molar-refractivity contribution is -0.583. The first-order chi connectivity index (χ1) is 16.7. The van der Waals surface area contributed by atoms with Gasteiger partial charge in [-0.05, 0) is 92.2 Å². The number of para-hydroxylation sites is 2. The Kier molecular flexibility index (Phi) is 3.81. The van der Waals surface area contributed by atoms with Gasteiger partial charge in [0.15, 0.2) is 5.60 Å². The van der Waals surface area contributed by atoms with Crippen LogP contribution in [0, 0.1) is 23.7 Å². The zero-order valence-corrected chi connectivity index (χ0v) is 19.4. The van der Waals surface area contributed by atoms with Crippen LogP contribution in [-0.2, 0) is 15.4 Å². The normalized spacial score (nSPS) is 33.5. The summed E-state index contributed by atoms with van der Waals surface area (Å²) in [6.07, 6.45) is 6.56. The lowest BCUT2D eigenvalue weighted by Crippen LogP contribution is -2.76. The average Bonchev–Trinajstić information content (AvgIpc) is 2.86. The number of methoxy groups -OCH3 is 1. The molecule has 0 amide bonds. The lowest BCUT2D eigenvalue weighted by atomic mass is 9.44. The van der Waals surface area contributed by atoms with Gasteiger partial charge in [0, 0.05) is 16.8 Å². The molecule has 2 spiro atoms. The van der Waals surface area contributed by atoms with Crippen molar-refractivity contribution in [3.05, 3.63) is 83.9 Å². The third-order valence-electron chi connectivity index (χ3n) is 9.58. The Morgan fingerprint density at radius 3 is 1.76 bits per heavy atom. The van der Waals surface area contributed by atoms with Crippen LogP contribution in [0.2, 0.25) is 0 Å². The number of benzene rings is 3. The molecule has 4 aliphatic carbocycles. The minimum Gasteiger partial charge on any atom is -0.497 e. The molecule has 4 nitrogen and oxygen atoms in total. The summed E-state index contributed by atoms with van der Waals surface area (Å²) in [6, 6.07) is 26.0. The molecule has 4 bridgehead atoms. The third-order valence-corrected chi connectivity index (χ3v) is 9.58. The van der Waals surface area contributed by atoms with Gasteiger partial charge in [-0.3, -0.25) is 0 Å². The predicted molar refractivity (Wildman–Crippen MR) is 130 cm³/mol. The number of fused-ring (bicyclic) bond motifs is 4. The fraction of sp³-hybridized carbons (Fsp3) is 0.400. The molecule has 0 N–H and O–H groups in total. The van der Waals surface area contributed by atoms with E-state index in [2.05, 4.69) is 65.6 Å². The topological polar surface area (TPSA) is 30.9 Å². The van der Waals surface area contributed by atoms with Gasteiger partial charge in [-0.1, -0.05) is 36.4 Å². The van der Waals surface area contributed by atoms with E-state index in [9.17, 15) is 0 Å². The molecule has 0 radical (unpaired) electrons. The van der Waals surface area contributed by atoms with Gasteiger partial charge in [-0.15, -0.1) is 0 Å². The van der Waals surface area contributed by atoms with Gasteiger partial charge in [0.2, 0.25) is 0 Å². The summed E-state index contributed by atoms with van der Waals surface area (Å²) in [4.78, 5) is 15.3. The van der Waals surface area contributed by atoms with Crippen molar-refractivity contribution >= 4 is 17.1 Å². The van der Waals surface area contributed by atoms with Gasteiger partial charge in [0.05, 0.1) is 18.5 Å². The molecule has 0 aromatic heterocycles. The van der Waals surface area contributed by atoms with Crippen LogP contribution < -0.4 is 9.64 Å². The van der Waals surface area contributed by atoms with E-state index in [1.807, 2.05) is 12.1 Å². The second kappa shape index (κ2) is 6.65. The van der Waals surface area contributed by atoms with Crippen LogP contribution in [0.3, 0.4) is 0 Å². The molecule has 4 heteroatoms. The van der Waals surface area contributed by atoms with Crippen LogP contribution in [0.1, 0.15) is 43.2 Å². The smallest absolute Gasteiger partial charge is 0.190 e. The van der Waals surface area contributed by atoms with Crippen LogP contribution in [0.5, 0.6) is 5.75 Å². The molecule has 2 heterocycles. The van der Waals surface area contributed by atoms with Gasteiger partial charge < -0.3 is 9.64 Å². The number of rotatable bonds is 2. The number of nitrogens with zero attached hydrogens (tertiary/aromatic N) is 1. The standard InChI is InChI=1S/C30H29NO3/c1-32-24-12-10-23(11-13-24)31-27-8-4-2-6-25(27)30(26-7-3-5-9-28(26)31)29(33-34-30)21-15-19-14-20(17-21)18-22(29)16-19/h2-13,19-22H,14-18H2,1H3. The van der Waals surface area contributed by atoms with Crippen LogP contribution in [0.4, 0.5) is 17.1 Å². The summed E-state index contributed by atoms with van der Waals surface area (Å²) in [5, 5.41) is 0. The molecule has 9 rings (SSSR count). The summed E-state index contributed by atoms with van der Waals surface area (Å²) in [5.41, 5.74) is 5.15. The number of hydrogen-bond donors (Lipinski definition) is 0. The Bertz CT molecular complexity index is 1210. The van der Waals surface area contributed by atoms with Crippen molar-refractivity contribution < 1.29 is 14.5 Å². The van der Waals surface area contributed by atoms with Crippen LogP contribution in [0.25, 0.3) is 0 Å². The first-order valence-corrected chi connectivity index (χ1v) is 12.7. The largest absolute Gasteiger partial charge is 0.497 e. The third kappa shape index (κ3) is 2.18. The highest BCUT2D eigenvalue weighted by molar-refractivity contribution is 5.86. The fourth-order valence-corrected chi connectivity index (χ4v) is 8.54. The molecular formula is C30H29NO3. The Hall–Kier alpha value is -2.82. The number of hydrogen-bond acceptors (Lipinski definition) is 4. The van der Waals surface area contributed by atoms with Crippen LogP contribution in [-0.4, -0.2) is 12.7 Å². The van der Waals surface area contributed by atoms with Crippen molar-refractivity contribution in [3.8, 4) is 5.75 Å². The molecule has 2 aliphatic heterocycles. The highest BCUT2D eigenvalue weighted by Gasteiger charge is 2.77. The highest BCUT2D eigenvalue weighted by Crippen LogP contribution is 2.73. The number of ether oxygens (including phenoxy) is 1. The molecule has 34 heavy (non-hydrogen) atoms. The van der Waals surface area contributed by atoms with Gasteiger partial charge in [-0.25, -0.2) is 9.78 Å². The molecule has 0 unspecified atom stereocenters. The number of anilines is 3. The quantitative estimate of drug-likeness (QED) is 0.398. The van der Waals surface area contributed by atoms with Gasteiger partial charge in [-0.2, -0.15) is 0 Å². The Morgan fingerprint density at radius 2 is 1.26 bits per heavy atom. The van der Waals surface area contributed by atoms with E-state index in [0.29, 0.717) is 11.8 Å². The predicted octanol–water partition coefficient (Wildman–Crippen LogP) is 6.88. The van der Waals surface area contributed by atoms with Crippen molar-refractivity contribution in [1.29, 1.82) is 0 Å². The molecule has 1 saturated heterocycles. The second-order valence-corrected chi connectivity index (χ2v) is 11.0. The monoisotopic (exact) mass is 451 g/mol. The molecule has 172 valence electrons. The summed E-state index contributed by atoms with van der Waals surface area (Å²) in [5.74, 6) is 3.73. The van der Waals surface area contributed by atoms with Crippen LogP contribution in [0.15, 0.2) is 72.8 Å². The van der Waals surface area contributed by atoms with E-state index in [1.54, 1.807) is 7.11 Å². The van der Waals surface area contributed by atoms with Gasteiger partial charge in [0.1, 0.15) is 11.4 Å². The second-order valence-electron chi connectivity index (χ2n) is 11.0. The van der Waals surface area contributed by atoms with E-state index in [4.69, 9.17) is 14.5 Å². The van der Waals surface area contributed by atoms with Crippen molar-refractivity contribution in [2.24, 2.45) is 23.7 Å². The van der Waals surface area contributed by atoms with Gasteiger partial charge in [0.25, 0.3) is 0 Å². The minimum absolute atomic E-state index is 0.265. The summed E-state index contributed by atoms with van der Waals surface area (Å²) in [6.45, 7) is 0. The molecule has 3 aromatic carbocycles. The Labute approximate surface area is 200 Å². The first kappa shape index (κ1) is 19.5. The maximum Gasteiger partial charge on any atom is 0.190 e. The lowest BCUT2D eigenvalue weighted by Gasteiger charge is -2.71. The van der Waals surface area contributed by atoms with Crippen LogP contribution >= 0.6 is 0 Å². The molecule has 3 aromatic rings. The summed E-state index contributed by atoms with van der Waals surface area (Å²) < 4.78 is 5.43. The Balaban J connectivity index is 1.37. The van der Waals surface area contributed by atoms with Crippen molar-refractivity contribution in [1.82, 2.24) is 0 Å². The molecule has 0 atom stereocenters.